The smallest absolute Gasteiger partial charge is 0.326 e. The number of carboxylic acids is 1. The van der Waals surface area contributed by atoms with E-state index in [4.69, 9.17) is 22.9 Å². The third-order valence-electron chi connectivity index (χ3n) is 6.85. The maximum absolute atomic E-state index is 13.7. The molecule has 3 amide bonds. The van der Waals surface area contributed by atoms with E-state index in [0.29, 0.717) is 32.2 Å². The minimum absolute atomic E-state index is 0.114. The number of carbonyl (C=O) groups excluding carboxylic acids is 3. The number of aromatic nitrogens is 1. The maximum atomic E-state index is 13.7. The number of carboxylic acid groups (broad SMARTS) is 1. The van der Waals surface area contributed by atoms with E-state index in [1.165, 1.54) is 0 Å². The molecule has 0 aliphatic carbocycles. The molecule has 0 spiro atoms. The van der Waals surface area contributed by atoms with Gasteiger partial charge in [-0.1, -0.05) is 38.5 Å². The molecule has 232 valence electrons. The second-order valence-corrected chi connectivity index (χ2v) is 10.6. The molecular weight excluding hydrogens is 542 g/mol. The summed E-state index contributed by atoms with van der Waals surface area (Å²) in [7, 11) is 0. The Labute approximate surface area is 245 Å². The van der Waals surface area contributed by atoms with E-state index in [1.54, 1.807) is 20.0 Å². The van der Waals surface area contributed by atoms with Gasteiger partial charge in [0, 0.05) is 30.1 Å². The molecule has 1 aromatic carbocycles. The first-order valence-electron chi connectivity index (χ1n) is 14.1. The second-order valence-electron chi connectivity index (χ2n) is 10.6. The highest BCUT2D eigenvalue weighted by Gasteiger charge is 2.31. The standard InChI is InChI=1S/C28H45N9O5/c1-16(2)23(27(41)42)37-25(39)21(11-7-13-33-28(31)32)35-26(40)22(36-24(38)19(30)9-5-6-12-29)14-17-15-34-20-10-4-3-8-18(17)20/h3-4,8,10,15-16,19,21-23,34H,5-7,9,11-14,29-30H2,1-2H3,(H,35,40)(H,36,38)(H,37,39)(H,41,42)(H4,31,32,33). The van der Waals surface area contributed by atoms with Crippen LogP contribution < -0.4 is 38.9 Å². The fourth-order valence-corrected chi connectivity index (χ4v) is 4.46. The summed E-state index contributed by atoms with van der Waals surface area (Å²) in [6.45, 7) is 4.00. The molecule has 0 saturated heterocycles. The number of aliphatic carboxylic acids is 1. The van der Waals surface area contributed by atoms with Crippen molar-refractivity contribution in [1.29, 1.82) is 0 Å². The predicted molar refractivity (Wildman–Crippen MR) is 161 cm³/mol. The first kappa shape index (κ1) is 34.0. The van der Waals surface area contributed by atoms with Crippen molar-refractivity contribution in [2.45, 2.75) is 76.5 Å². The molecule has 0 fully saturated rings. The van der Waals surface area contributed by atoms with Crippen molar-refractivity contribution in [2.75, 3.05) is 13.1 Å². The zero-order chi connectivity index (χ0) is 31.2. The topological polar surface area (TPSA) is 257 Å². The number of rotatable bonds is 18. The van der Waals surface area contributed by atoms with E-state index in [0.717, 1.165) is 16.5 Å². The van der Waals surface area contributed by atoms with Crippen LogP contribution in [0.5, 0.6) is 0 Å². The lowest BCUT2D eigenvalue weighted by Gasteiger charge is -2.26. The van der Waals surface area contributed by atoms with Crippen LogP contribution in [0.15, 0.2) is 35.5 Å². The molecule has 0 aliphatic rings. The highest BCUT2D eigenvalue weighted by molar-refractivity contribution is 5.95. The molecule has 4 atom stereocenters. The van der Waals surface area contributed by atoms with E-state index in [-0.39, 0.29) is 25.3 Å². The Bertz CT molecular complexity index is 1230. The molecule has 0 radical (unpaired) electrons. The van der Waals surface area contributed by atoms with Crippen LogP contribution in [-0.2, 0) is 25.6 Å². The first-order valence-corrected chi connectivity index (χ1v) is 14.1. The highest BCUT2D eigenvalue weighted by Crippen LogP contribution is 2.19. The number of benzene rings is 1. The monoisotopic (exact) mass is 587 g/mol. The molecule has 1 heterocycles. The summed E-state index contributed by atoms with van der Waals surface area (Å²) < 4.78 is 0. The Balaban J connectivity index is 2.30. The molecule has 13 N–H and O–H groups in total. The van der Waals surface area contributed by atoms with Crippen LogP contribution in [0.25, 0.3) is 10.9 Å². The number of aromatic amines is 1. The van der Waals surface area contributed by atoms with Crippen molar-refractivity contribution < 1.29 is 24.3 Å². The van der Waals surface area contributed by atoms with Crippen LogP contribution in [0.4, 0.5) is 0 Å². The summed E-state index contributed by atoms with van der Waals surface area (Å²) in [5, 5.41) is 18.4. The molecule has 14 nitrogen and oxygen atoms in total. The number of hydrogen-bond donors (Lipinski definition) is 9. The third kappa shape index (κ3) is 10.7. The van der Waals surface area contributed by atoms with Crippen molar-refractivity contribution in [1.82, 2.24) is 20.9 Å². The summed E-state index contributed by atoms with van der Waals surface area (Å²) in [6.07, 6.45) is 4.08. The highest BCUT2D eigenvalue weighted by atomic mass is 16.4. The molecule has 2 rings (SSSR count). The number of nitrogens with two attached hydrogens (primary N) is 4. The molecule has 42 heavy (non-hydrogen) atoms. The molecule has 0 aliphatic heterocycles. The number of hydrogen-bond acceptors (Lipinski definition) is 7. The van der Waals surface area contributed by atoms with Crippen molar-refractivity contribution >= 4 is 40.6 Å². The number of fused-ring (bicyclic) bond motifs is 1. The van der Waals surface area contributed by atoms with Gasteiger partial charge in [0.25, 0.3) is 0 Å². The molecule has 14 heteroatoms. The molecule has 0 saturated carbocycles. The Morgan fingerprint density at radius 1 is 0.929 bits per heavy atom. The number of carbonyl (C=O) groups is 4. The Morgan fingerprint density at radius 2 is 1.60 bits per heavy atom. The number of unbranched alkanes of at least 4 members (excludes halogenated alkanes) is 1. The Kier molecular flexibility index (Phi) is 13.7. The van der Waals surface area contributed by atoms with Crippen LogP contribution in [0.1, 0.15) is 51.5 Å². The lowest BCUT2D eigenvalue weighted by molar-refractivity contribution is -0.143. The van der Waals surface area contributed by atoms with Crippen molar-refractivity contribution in [3.8, 4) is 0 Å². The van der Waals surface area contributed by atoms with Gasteiger partial charge in [0.15, 0.2) is 5.96 Å². The van der Waals surface area contributed by atoms with E-state index in [2.05, 4.69) is 25.9 Å². The average molecular weight is 588 g/mol. The zero-order valence-corrected chi connectivity index (χ0v) is 24.3. The van der Waals surface area contributed by atoms with Crippen molar-refractivity contribution in [2.24, 2.45) is 33.8 Å². The largest absolute Gasteiger partial charge is 0.480 e. The Morgan fingerprint density at radius 3 is 2.24 bits per heavy atom. The van der Waals surface area contributed by atoms with E-state index in [9.17, 15) is 24.3 Å². The van der Waals surface area contributed by atoms with Gasteiger partial charge in [-0.3, -0.25) is 19.4 Å². The van der Waals surface area contributed by atoms with Gasteiger partial charge in [0.05, 0.1) is 6.04 Å². The quantitative estimate of drug-likeness (QED) is 0.0613. The van der Waals surface area contributed by atoms with E-state index < -0.39 is 53.8 Å². The maximum Gasteiger partial charge on any atom is 0.326 e. The minimum atomic E-state index is -1.20. The lowest BCUT2D eigenvalue weighted by Crippen LogP contribution is -2.58. The first-order chi connectivity index (χ1) is 19.9. The van der Waals surface area contributed by atoms with E-state index in [1.807, 2.05) is 24.3 Å². The van der Waals surface area contributed by atoms with Gasteiger partial charge in [-0.25, -0.2) is 4.79 Å². The number of nitrogens with one attached hydrogen (secondary N) is 4. The van der Waals surface area contributed by atoms with Crippen LogP contribution in [0.3, 0.4) is 0 Å². The summed E-state index contributed by atoms with van der Waals surface area (Å²) >= 11 is 0. The molecule has 4 unspecified atom stereocenters. The van der Waals surface area contributed by atoms with Crippen molar-refractivity contribution in [3.05, 3.63) is 36.0 Å². The number of guanidine groups is 1. The molecule has 0 bridgehead atoms. The second kappa shape index (κ2) is 16.9. The number of amides is 3. The van der Waals surface area contributed by atoms with Crippen molar-refractivity contribution in [3.63, 3.8) is 0 Å². The van der Waals surface area contributed by atoms with Gasteiger partial charge in [-0.05, 0) is 49.8 Å². The third-order valence-corrected chi connectivity index (χ3v) is 6.85. The molecule has 1 aromatic heterocycles. The zero-order valence-electron chi connectivity index (χ0n) is 24.3. The van der Waals surface area contributed by atoms with Gasteiger partial charge in [-0.2, -0.15) is 0 Å². The van der Waals surface area contributed by atoms with Gasteiger partial charge >= 0.3 is 5.97 Å². The minimum Gasteiger partial charge on any atom is -0.480 e. The van der Waals surface area contributed by atoms with Gasteiger partial charge in [-0.15, -0.1) is 0 Å². The lowest BCUT2D eigenvalue weighted by atomic mass is 10.0. The van der Waals surface area contributed by atoms with Crippen LogP contribution >= 0.6 is 0 Å². The number of aliphatic imine (C=N–C) groups is 1. The van der Waals surface area contributed by atoms with E-state index >= 15 is 0 Å². The normalized spacial score (nSPS) is 14.0. The molecule has 2 aromatic rings. The summed E-state index contributed by atoms with van der Waals surface area (Å²) in [5.41, 5.74) is 24.1. The SMILES string of the molecule is CC(C)C(NC(=O)C(CCCN=C(N)N)NC(=O)C(Cc1c[nH]c2ccccc12)NC(=O)C(N)CCCCN)C(=O)O. The van der Waals surface area contributed by atoms with Gasteiger partial charge in [0.1, 0.15) is 18.1 Å². The Hall–Kier alpha value is -4.17. The van der Waals surface area contributed by atoms with Crippen LogP contribution in [0.2, 0.25) is 0 Å². The summed E-state index contributed by atoms with van der Waals surface area (Å²) in [4.78, 5) is 58.7. The fraction of sp³-hybridized carbons (Fsp3) is 0.536. The van der Waals surface area contributed by atoms with Gasteiger partial charge < -0.3 is 49.0 Å². The number of para-hydroxylation sites is 1. The summed E-state index contributed by atoms with van der Waals surface area (Å²) in [6, 6.07) is 3.32. The van der Waals surface area contributed by atoms with Crippen LogP contribution in [-0.4, -0.2) is 77.0 Å². The predicted octanol–water partition coefficient (Wildman–Crippen LogP) is -0.585. The molecular formula is C28H45N9O5. The number of nitrogens with zero attached hydrogens (tertiary/aromatic N) is 1. The van der Waals surface area contributed by atoms with Gasteiger partial charge in [0.2, 0.25) is 17.7 Å². The average Bonchev–Trinajstić information content (AvgIpc) is 3.34. The fourth-order valence-electron chi connectivity index (χ4n) is 4.46. The van der Waals surface area contributed by atoms with Crippen LogP contribution in [0, 0.1) is 5.92 Å². The summed E-state index contributed by atoms with van der Waals surface area (Å²) in [5.74, 6) is -3.52. The number of H-pyrrole nitrogens is 1.